The lowest BCUT2D eigenvalue weighted by molar-refractivity contribution is 0.262. The number of benzene rings is 1. The number of aromatic nitrogens is 1. The zero-order chi connectivity index (χ0) is 13.0. The zero-order valence-electron chi connectivity index (χ0n) is 9.15. The predicted molar refractivity (Wildman–Crippen MR) is 63.2 cm³/mol. The molecule has 2 N–H and O–H groups in total. The van der Waals surface area contributed by atoms with Crippen LogP contribution in [0.4, 0.5) is 25.1 Å². The average molecular weight is 249 g/mol. The molecule has 1 aromatic carbocycles. The van der Waals surface area contributed by atoms with Crippen LogP contribution in [0.5, 0.6) is 0 Å². The fourth-order valence-electron chi connectivity index (χ4n) is 1.32. The summed E-state index contributed by atoms with van der Waals surface area (Å²) < 4.78 is 26.5. The number of hydrogen-bond donors (Lipinski definition) is 2. The van der Waals surface area contributed by atoms with Crippen molar-refractivity contribution in [2.24, 2.45) is 0 Å². The van der Waals surface area contributed by atoms with Crippen molar-refractivity contribution >= 4 is 17.5 Å². The predicted octanol–water partition coefficient (Wildman–Crippen LogP) is 3.00. The minimum Gasteiger partial charge on any atom is -0.303 e. The van der Waals surface area contributed by atoms with E-state index in [1.807, 2.05) is 0 Å². The van der Waals surface area contributed by atoms with Gasteiger partial charge in [-0.3, -0.25) is 5.32 Å². The van der Waals surface area contributed by atoms with Crippen molar-refractivity contribution in [3.63, 3.8) is 0 Å². The molecule has 6 heteroatoms. The molecule has 1 aromatic heterocycles. The van der Waals surface area contributed by atoms with E-state index in [1.165, 1.54) is 12.3 Å². The zero-order valence-corrected chi connectivity index (χ0v) is 9.15. The Labute approximate surface area is 102 Å². The van der Waals surface area contributed by atoms with Gasteiger partial charge in [-0.1, -0.05) is 12.1 Å². The summed E-state index contributed by atoms with van der Waals surface area (Å²) in [6.07, 6.45) is 1.49. The molecule has 2 amide bonds. The first-order valence-corrected chi connectivity index (χ1v) is 5.10. The van der Waals surface area contributed by atoms with Crippen LogP contribution in [0.25, 0.3) is 0 Å². The molecule has 1 heterocycles. The van der Waals surface area contributed by atoms with Crippen molar-refractivity contribution in [1.82, 2.24) is 4.98 Å². The number of rotatable bonds is 2. The first-order chi connectivity index (χ1) is 8.66. The van der Waals surface area contributed by atoms with Crippen LogP contribution in [0.3, 0.4) is 0 Å². The summed E-state index contributed by atoms with van der Waals surface area (Å²) in [6, 6.07) is 7.46. The van der Waals surface area contributed by atoms with Crippen LogP contribution in [0.1, 0.15) is 0 Å². The molecule has 0 bridgehead atoms. The van der Waals surface area contributed by atoms with Crippen LogP contribution in [0.2, 0.25) is 0 Å². The SMILES string of the molecule is O=C(Nc1ccccn1)Nc1c(F)cccc1F. The molecule has 0 radical (unpaired) electrons. The summed E-state index contributed by atoms with van der Waals surface area (Å²) >= 11 is 0. The topological polar surface area (TPSA) is 54.0 Å². The Hall–Kier alpha value is -2.50. The highest BCUT2D eigenvalue weighted by Gasteiger charge is 2.11. The van der Waals surface area contributed by atoms with Crippen LogP contribution < -0.4 is 10.6 Å². The number of urea groups is 1. The Balaban J connectivity index is 2.08. The van der Waals surface area contributed by atoms with E-state index in [-0.39, 0.29) is 5.82 Å². The molecule has 18 heavy (non-hydrogen) atoms. The van der Waals surface area contributed by atoms with E-state index in [4.69, 9.17) is 0 Å². The van der Waals surface area contributed by atoms with Gasteiger partial charge in [0.05, 0.1) is 0 Å². The Morgan fingerprint density at radius 3 is 2.33 bits per heavy atom. The van der Waals surface area contributed by atoms with E-state index in [2.05, 4.69) is 15.6 Å². The number of carbonyl (C=O) groups excluding carboxylic acids is 1. The maximum Gasteiger partial charge on any atom is 0.325 e. The van der Waals surface area contributed by atoms with Crippen molar-refractivity contribution in [3.05, 3.63) is 54.2 Å². The monoisotopic (exact) mass is 249 g/mol. The summed E-state index contributed by atoms with van der Waals surface area (Å²) in [7, 11) is 0. The molecule has 0 aliphatic heterocycles. The van der Waals surface area contributed by atoms with Gasteiger partial charge in [0.1, 0.15) is 23.1 Å². The molecule has 0 atom stereocenters. The van der Waals surface area contributed by atoms with Gasteiger partial charge in [0.25, 0.3) is 0 Å². The molecule has 0 fully saturated rings. The average Bonchev–Trinajstić information content (AvgIpc) is 2.35. The van der Waals surface area contributed by atoms with Gasteiger partial charge in [0.15, 0.2) is 0 Å². The highest BCUT2D eigenvalue weighted by molar-refractivity contribution is 5.99. The maximum absolute atomic E-state index is 13.3. The quantitative estimate of drug-likeness (QED) is 0.859. The maximum atomic E-state index is 13.3. The number of para-hydroxylation sites is 1. The molecule has 2 rings (SSSR count). The summed E-state index contributed by atoms with van der Waals surface area (Å²) in [4.78, 5) is 15.3. The lowest BCUT2D eigenvalue weighted by Gasteiger charge is -2.08. The van der Waals surface area contributed by atoms with Crippen molar-refractivity contribution < 1.29 is 13.6 Å². The molecule has 0 spiro atoms. The third kappa shape index (κ3) is 2.79. The number of anilines is 2. The van der Waals surface area contributed by atoms with Crippen molar-refractivity contribution in [2.75, 3.05) is 10.6 Å². The molecule has 92 valence electrons. The second kappa shape index (κ2) is 5.22. The Bertz CT molecular complexity index is 540. The number of carbonyl (C=O) groups is 1. The van der Waals surface area contributed by atoms with Gasteiger partial charge < -0.3 is 5.32 Å². The number of amides is 2. The molecule has 0 saturated carbocycles. The number of nitrogens with one attached hydrogen (secondary N) is 2. The Morgan fingerprint density at radius 1 is 1.00 bits per heavy atom. The minimum atomic E-state index is -0.842. The van der Waals surface area contributed by atoms with E-state index >= 15 is 0 Å². The van der Waals surface area contributed by atoms with E-state index in [9.17, 15) is 13.6 Å². The van der Waals surface area contributed by atoms with Gasteiger partial charge in [-0.05, 0) is 24.3 Å². The van der Waals surface area contributed by atoms with E-state index in [0.717, 1.165) is 12.1 Å². The van der Waals surface area contributed by atoms with Gasteiger partial charge in [0.2, 0.25) is 0 Å². The largest absolute Gasteiger partial charge is 0.325 e. The van der Waals surface area contributed by atoms with Gasteiger partial charge in [0, 0.05) is 6.20 Å². The first kappa shape index (κ1) is 12.0. The smallest absolute Gasteiger partial charge is 0.303 e. The van der Waals surface area contributed by atoms with Crippen LogP contribution >= 0.6 is 0 Å². The van der Waals surface area contributed by atoms with Crippen LogP contribution in [0, 0.1) is 11.6 Å². The number of hydrogen-bond acceptors (Lipinski definition) is 2. The van der Waals surface area contributed by atoms with Gasteiger partial charge in [-0.25, -0.2) is 18.6 Å². The first-order valence-electron chi connectivity index (χ1n) is 5.10. The van der Waals surface area contributed by atoms with Crippen LogP contribution in [-0.2, 0) is 0 Å². The Morgan fingerprint density at radius 2 is 1.72 bits per heavy atom. The molecule has 2 aromatic rings. The van der Waals surface area contributed by atoms with Gasteiger partial charge in [-0.15, -0.1) is 0 Å². The van der Waals surface area contributed by atoms with Crippen molar-refractivity contribution in [1.29, 1.82) is 0 Å². The lowest BCUT2D eigenvalue weighted by atomic mass is 10.3. The fraction of sp³-hybridized carbons (Fsp3) is 0. The number of halogens is 2. The van der Waals surface area contributed by atoms with Crippen molar-refractivity contribution in [3.8, 4) is 0 Å². The molecular weight excluding hydrogens is 240 g/mol. The Kier molecular flexibility index (Phi) is 3.47. The highest BCUT2D eigenvalue weighted by atomic mass is 19.1. The standard InChI is InChI=1S/C12H9F2N3O/c13-8-4-3-5-9(14)11(8)17-12(18)16-10-6-1-2-7-15-10/h1-7H,(H2,15,16,17,18). The normalized spacial score (nSPS) is 9.89. The van der Waals surface area contributed by atoms with E-state index < -0.39 is 23.4 Å². The van der Waals surface area contributed by atoms with Crippen LogP contribution in [-0.4, -0.2) is 11.0 Å². The molecule has 0 aliphatic rings. The summed E-state index contributed by atoms with van der Waals surface area (Å²) in [6.45, 7) is 0. The lowest BCUT2D eigenvalue weighted by Crippen LogP contribution is -2.21. The third-order valence-corrected chi connectivity index (χ3v) is 2.11. The molecule has 4 nitrogen and oxygen atoms in total. The second-order valence-corrected chi connectivity index (χ2v) is 3.39. The minimum absolute atomic E-state index is 0.284. The molecule has 0 saturated heterocycles. The fourth-order valence-corrected chi connectivity index (χ4v) is 1.32. The number of nitrogens with zero attached hydrogens (tertiary/aromatic N) is 1. The molecular formula is C12H9F2N3O. The van der Waals surface area contributed by atoms with Crippen molar-refractivity contribution in [2.45, 2.75) is 0 Å². The summed E-state index contributed by atoms with van der Waals surface area (Å²) in [5.41, 5.74) is -0.495. The number of pyridine rings is 1. The third-order valence-electron chi connectivity index (χ3n) is 2.11. The molecule has 0 unspecified atom stereocenters. The summed E-state index contributed by atoms with van der Waals surface area (Å²) in [5, 5.41) is 4.44. The summed E-state index contributed by atoms with van der Waals surface area (Å²) in [5.74, 6) is -1.40. The second-order valence-electron chi connectivity index (χ2n) is 3.39. The van der Waals surface area contributed by atoms with Crippen LogP contribution in [0.15, 0.2) is 42.6 Å². The van der Waals surface area contributed by atoms with Gasteiger partial charge in [-0.2, -0.15) is 0 Å². The molecule has 0 aliphatic carbocycles. The highest BCUT2D eigenvalue weighted by Crippen LogP contribution is 2.18. The van der Waals surface area contributed by atoms with E-state index in [1.54, 1.807) is 18.2 Å². The van der Waals surface area contributed by atoms with E-state index in [0.29, 0.717) is 0 Å². The van der Waals surface area contributed by atoms with Gasteiger partial charge >= 0.3 is 6.03 Å².